The fraction of sp³-hybridized carbons (Fsp3) is 0.593. The number of hydrogen-bond acceptors (Lipinski definition) is 10. The van der Waals surface area contributed by atoms with E-state index in [2.05, 4.69) is 0 Å². The normalized spacial score (nSPS) is 37.1. The van der Waals surface area contributed by atoms with Crippen LogP contribution in [0.5, 0.6) is 5.75 Å². The van der Waals surface area contributed by atoms with Gasteiger partial charge in [0.2, 0.25) is 5.91 Å². The van der Waals surface area contributed by atoms with Gasteiger partial charge in [0.05, 0.1) is 35.2 Å². The number of aromatic hydroxyl groups is 1. The van der Waals surface area contributed by atoms with E-state index in [1.54, 1.807) is 19.1 Å². The van der Waals surface area contributed by atoms with Gasteiger partial charge in [-0.3, -0.25) is 28.9 Å². The summed E-state index contributed by atoms with van der Waals surface area (Å²) in [4.78, 5) is 70.0. The van der Waals surface area contributed by atoms with E-state index in [1.165, 1.54) is 19.0 Å². The second kappa shape index (κ2) is 8.96. The molecule has 2 unspecified atom stereocenters. The molecule has 0 radical (unpaired) electrons. The van der Waals surface area contributed by atoms with Crippen molar-refractivity contribution in [2.45, 2.75) is 49.9 Å². The van der Waals surface area contributed by atoms with Gasteiger partial charge in [-0.15, -0.1) is 0 Å². The van der Waals surface area contributed by atoms with E-state index >= 15 is 0 Å². The molecular formula is C27H33N3O8. The number of aliphatic hydroxyl groups is 2. The van der Waals surface area contributed by atoms with Crippen molar-refractivity contribution < 1.29 is 39.3 Å². The summed E-state index contributed by atoms with van der Waals surface area (Å²) in [6.45, 7) is 3.10. The number of aliphatic hydroxyl groups excluding tert-OH is 1. The number of amides is 1. The van der Waals surface area contributed by atoms with Crippen molar-refractivity contribution in [1.82, 2.24) is 4.90 Å². The Kier molecular flexibility index (Phi) is 6.24. The average molecular weight is 528 g/mol. The van der Waals surface area contributed by atoms with Gasteiger partial charge >= 0.3 is 0 Å². The minimum atomic E-state index is -2.99. The van der Waals surface area contributed by atoms with Crippen LogP contribution in [0, 0.1) is 23.7 Å². The van der Waals surface area contributed by atoms with Crippen molar-refractivity contribution in [3.8, 4) is 5.75 Å². The number of hydrogen-bond donors (Lipinski definition) is 4. The Morgan fingerprint density at radius 3 is 2.29 bits per heavy atom. The van der Waals surface area contributed by atoms with Crippen molar-refractivity contribution in [2.24, 2.45) is 29.4 Å². The number of nitrogens with zero attached hydrogens (tertiary/aromatic N) is 2. The third kappa shape index (κ3) is 3.34. The standard InChI is InChI=1S/C27H33N3O8/c1-11-12-7-8-13(30-9-5-4-6-10-30)20(31)15(12)21(32)16-14(11)22(33)18-19(29(2)3)23(34)17(26(28)37)25(36)27(18,38)24(16)35/h7-8,11,14,16-19,22,31,33,38H,4-6,9-10H2,1-3H3,(H2,28,37)/t11-,14+,16?,17?,18+,19-,22-,27-/m1/s1. The molecule has 11 heteroatoms. The van der Waals surface area contributed by atoms with Crippen LogP contribution < -0.4 is 10.6 Å². The third-order valence-electron chi connectivity index (χ3n) is 9.16. The van der Waals surface area contributed by atoms with Gasteiger partial charge in [0, 0.05) is 19.0 Å². The molecular weight excluding hydrogens is 494 g/mol. The fourth-order valence-corrected chi connectivity index (χ4v) is 7.37. The lowest BCUT2D eigenvalue weighted by Gasteiger charge is -2.56. The van der Waals surface area contributed by atoms with Gasteiger partial charge in [0.1, 0.15) is 5.75 Å². The predicted molar refractivity (Wildman–Crippen MR) is 134 cm³/mol. The van der Waals surface area contributed by atoms with E-state index in [0.29, 0.717) is 24.3 Å². The molecule has 1 amide bonds. The number of Topliss-reactive ketones (excluding diaryl/α,β-unsaturated/α-hetero) is 4. The number of carbonyl (C=O) groups excluding carboxylic acids is 5. The number of primary amides is 1. The molecule has 38 heavy (non-hydrogen) atoms. The number of piperidine rings is 1. The highest BCUT2D eigenvalue weighted by atomic mass is 16.3. The van der Waals surface area contributed by atoms with Crippen LogP contribution >= 0.6 is 0 Å². The Balaban J connectivity index is 1.67. The maximum absolute atomic E-state index is 14.0. The predicted octanol–water partition coefficient (Wildman–Crippen LogP) is -0.611. The molecule has 11 nitrogen and oxygen atoms in total. The highest BCUT2D eigenvalue weighted by molar-refractivity contribution is 6.32. The lowest BCUT2D eigenvalue weighted by Crippen LogP contribution is -2.77. The molecule has 5 N–H and O–H groups in total. The third-order valence-corrected chi connectivity index (χ3v) is 9.16. The van der Waals surface area contributed by atoms with Crippen LogP contribution in [-0.4, -0.2) is 94.2 Å². The molecule has 1 aromatic rings. The fourth-order valence-electron chi connectivity index (χ4n) is 7.37. The Morgan fingerprint density at radius 1 is 1.08 bits per heavy atom. The van der Waals surface area contributed by atoms with E-state index in [1.807, 2.05) is 4.90 Å². The molecule has 0 spiro atoms. The van der Waals surface area contributed by atoms with E-state index in [9.17, 15) is 39.3 Å². The molecule has 4 aliphatic rings. The number of phenolic OH excluding ortho intramolecular Hbond substituents is 1. The number of fused-ring (bicyclic) bond motifs is 3. The average Bonchev–Trinajstić information content (AvgIpc) is 2.86. The number of rotatable bonds is 3. The summed E-state index contributed by atoms with van der Waals surface area (Å²) in [5.41, 5.74) is 3.18. The van der Waals surface area contributed by atoms with E-state index in [-0.39, 0.29) is 11.3 Å². The Labute approximate surface area is 219 Å². The van der Waals surface area contributed by atoms with Crippen LogP contribution in [0.3, 0.4) is 0 Å². The summed E-state index contributed by atoms with van der Waals surface area (Å²) in [5.74, 6) is -13.0. The van der Waals surface area contributed by atoms with Gasteiger partial charge in [-0.25, -0.2) is 0 Å². The van der Waals surface area contributed by atoms with Gasteiger partial charge < -0.3 is 26.0 Å². The van der Waals surface area contributed by atoms with Gasteiger partial charge in [0.25, 0.3) is 0 Å². The molecule has 0 aromatic heterocycles. The van der Waals surface area contributed by atoms with E-state index in [0.717, 1.165) is 19.3 Å². The van der Waals surface area contributed by atoms with Crippen molar-refractivity contribution >= 4 is 34.7 Å². The minimum absolute atomic E-state index is 0.0700. The maximum atomic E-state index is 14.0. The Hall–Kier alpha value is -3.15. The summed E-state index contributed by atoms with van der Waals surface area (Å²) in [7, 11) is 2.93. The van der Waals surface area contributed by atoms with Crippen LogP contribution in [0.4, 0.5) is 5.69 Å². The number of benzene rings is 1. The van der Waals surface area contributed by atoms with Crippen molar-refractivity contribution in [3.05, 3.63) is 23.3 Å². The number of nitrogens with two attached hydrogens (primary N) is 1. The molecule has 1 aliphatic heterocycles. The summed E-state index contributed by atoms with van der Waals surface area (Å²) in [5, 5.41) is 34.6. The van der Waals surface area contributed by atoms with Gasteiger partial charge in [0.15, 0.2) is 34.7 Å². The van der Waals surface area contributed by atoms with Crippen molar-refractivity contribution in [3.63, 3.8) is 0 Å². The second-order valence-electron chi connectivity index (χ2n) is 11.3. The lowest BCUT2D eigenvalue weighted by molar-refractivity contribution is -0.196. The minimum Gasteiger partial charge on any atom is -0.505 e. The number of anilines is 1. The first-order valence-electron chi connectivity index (χ1n) is 13.0. The smallest absolute Gasteiger partial charge is 0.235 e. The number of carbonyl (C=O) groups is 5. The zero-order valence-electron chi connectivity index (χ0n) is 21.6. The molecule has 5 rings (SSSR count). The molecule has 1 saturated heterocycles. The molecule has 8 atom stereocenters. The zero-order valence-corrected chi connectivity index (χ0v) is 21.6. The first-order chi connectivity index (χ1) is 17.8. The summed E-state index contributed by atoms with van der Waals surface area (Å²) in [6, 6.07) is 2.05. The molecule has 2 saturated carbocycles. The van der Waals surface area contributed by atoms with E-state index in [4.69, 9.17) is 5.73 Å². The first-order valence-corrected chi connectivity index (χ1v) is 13.0. The summed E-state index contributed by atoms with van der Waals surface area (Å²) >= 11 is 0. The van der Waals surface area contributed by atoms with Gasteiger partial charge in [-0.05, 0) is 50.9 Å². The second-order valence-corrected chi connectivity index (χ2v) is 11.3. The number of likely N-dealkylation sites (N-methyl/N-ethyl adjacent to an activating group) is 1. The van der Waals surface area contributed by atoms with Crippen LogP contribution in [0.15, 0.2) is 12.1 Å². The largest absolute Gasteiger partial charge is 0.505 e. The monoisotopic (exact) mass is 527 g/mol. The van der Waals surface area contributed by atoms with Crippen molar-refractivity contribution in [1.29, 1.82) is 0 Å². The molecule has 1 aromatic carbocycles. The lowest BCUT2D eigenvalue weighted by atomic mass is 9.49. The van der Waals surface area contributed by atoms with Crippen molar-refractivity contribution in [2.75, 3.05) is 32.1 Å². The molecule has 204 valence electrons. The number of phenols is 1. The Bertz CT molecular complexity index is 1250. The van der Waals surface area contributed by atoms with E-state index < -0.39 is 76.4 Å². The van der Waals surface area contributed by atoms with Gasteiger partial charge in [-0.2, -0.15) is 0 Å². The molecule has 1 heterocycles. The first kappa shape index (κ1) is 26.5. The zero-order chi connectivity index (χ0) is 27.8. The summed E-state index contributed by atoms with van der Waals surface area (Å²) < 4.78 is 0. The van der Waals surface area contributed by atoms with Crippen LogP contribution in [0.1, 0.15) is 48.0 Å². The maximum Gasteiger partial charge on any atom is 0.235 e. The van der Waals surface area contributed by atoms with Gasteiger partial charge in [-0.1, -0.05) is 13.0 Å². The molecule has 3 fully saturated rings. The Morgan fingerprint density at radius 2 is 1.71 bits per heavy atom. The van der Waals surface area contributed by atoms with Crippen LogP contribution in [0.25, 0.3) is 0 Å². The topological polar surface area (TPSA) is 179 Å². The molecule has 3 aliphatic carbocycles. The number of ketones is 4. The molecule has 0 bridgehead atoms. The summed E-state index contributed by atoms with van der Waals surface area (Å²) in [6.07, 6.45) is 1.29. The van der Waals surface area contributed by atoms with Crippen LogP contribution in [0.2, 0.25) is 0 Å². The quantitative estimate of drug-likeness (QED) is 0.371. The highest BCUT2D eigenvalue weighted by Crippen LogP contribution is 2.55. The SMILES string of the molecule is C[C@@H]1c2ccc(N3CCCCC3)c(O)c2C(=O)C2C(=O)[C@@]3(O)C(=O)C(C(N)=O)C(=O)[C@H](N(C)C)[C@H]3[C@H](O)[C@H]21. The highest BCUT2D eigenvalue weighted by Gasteiger charge is 2.72. The van der Waals surface area contributed by atoms with Crippen LogP contribution in [-0.2, 0) is 19.2 Å².